The Morgan fingerprint density at radius 3 is 2.32 bits per heavy atom. The SMILES string of the molecule is COC(=O)c1ccc(-c2cc(C)cc(C)c2O)cc1. The number of aromatic hydroxyl groups is 1. The average Bonchev–Trinajstić information content (AvgIpc) is 2.42. The van der Waals surface area contributed by atoms with Crippen LogP contribution >= 0.6 is 0 Å². The first-order valence-corrected chi connectivity index (χ1v) is 6.02. The van der Waals surface area contributed by atoms with Crippen LogP contribution in [0.2, 0.25) is 0 Å². The number of phenols is 1. The molecule has 19 heavy (non-hydrogen) atoms. The second-order valence-corrected chi connectivity index (χ2v) is 4.55. The van der Waals surface area contributed by atoms with Crippen LogP contribution in [0, 0.1) is 13.8 Å². The molecule has 98 valence electrons. The number of methoxy groups -OCH3 is 1. The topological polar surface area (TPSA) is 46.5 Å². The van der Waals surface area contributed by atoms with E-state index in [4.69, 9.17) is 0 Å². The van der Waals surface area contributed by atoms with Crippen LogP contribution in [0.5, 0.6) is 5.75 Å². The van der Waals surface area contributed by atoms with Crippen LogP contribution < -0.4 is 0 Å². The molecule has 2 aromatic carbocycles. The molecule has 0 unspecified atom stereocenters. The van der Waals surface area contributed by atoms with Crippen molar-refractivity contribution in [3.63, 3.8) is 0 Å². The Hall–Kier alpha value is -2.29. The molecule has 1 N–H and O–H groups in total. The van der Waals surface area contributed by atoms with Crippen molar-refractivity contribution in [2.75, 3.05) is 7.11 Å². The maximum atomic E-state index is 11.4. The van der Waals surface area contributed by atoms with Crippen molar-refractivity contribution < 1.29 is 14.6 Å². The normalized spacial score (nSPS) is 10.3. The molecule has 0 radical (unpaired) electrons. The number of carbonyl (C=O) groups is 1. The second-order valence-electron chi connectivity index (χ2n) is 4.55. The fourth-order valence-electron chi connectivity index (χ4n) is 2.08. The van der Waals surface area contributed by atoms with Gasteiger partial charge in [-0.3, -0.25) is 0 Å². The van der Waals surface area contributed by atoms with Crippen molar-refractivity contribution in [1.29, 1.82) is 0 Å². The highest BCUT2D eigenvalue weighted by Gasteiger charge is 2.10. The summed E-state index contributed by atoms with van der Waals surface area (Å²) in [5.74, 6) is -0.0902. The van der Waals surface area contributed by atoms with E-state index in [1.54, 1.807) is 24.3 Å². The van der Waals surface area contributed by atoms with Crippen LogP contribution in [0.15, 0.2) is 36.4 Å². The molecule has 2 aromatic rings. The van der Waals surface area contributed by atoms with Gasteiger partial charge in [-0.15, -0.1) is 0 Å². The molecule has 0 saturated carbocycles. The monoisotopic (exact) mass is 256 g/mol. The zero-order chi connectivity index (χ0) is 14.0. The average molecular weight is 256 g/mol. The maximum absolute atomic E-state index is 11.4. The van der Waals surface area contributed by atoms with E-state index in [-0.39, 0.29) is 11.7 Å². The quantitative estimate of drug-likeness (QED) is 0.837. The molecule has 0 saturated heterocycles. The van der Waals surface area contributed by atoms with Gasteiger partial charge in [0.05, 0.1) is 12.7 Å². The number of phenolic OH excluding ortho intramolecular Hbond substituents is 1. The van der Waals surface area contributed by atoms with Gasteiger partial charge >= 0.3 is 5.97 Å². The summed E-state index contributed by atoms with van der Waals surface area (Å²) in [6.07, 6.45) is 0. The number of hydrogen-bond donors (Lipinski definition) is 1. The van der Waals surface area contributed by atoms with Crippen molar-refractivity contribution in [2.45, 2.75) is 13.8 Å². The van der Waals surface area contributed by atoms with E-state index >= 15 is 0 Å². The zero-order valence-corrected chi connectivity index (χ0v) is 11.2. The molecular formula is C16H16O3. The molecule has 2 rings (SSSR count). The van der Waals surface area contributed by atoms with Crippen molar-refractivity contribution in [1.82, 2.24) is 0 Å². The molecule has 0 amide bonds. The Morgan fingerprint density at radius 1 is 1.11 bits per heavy atom. The van der Waals surface area contributed by atoms with Gasteiger partial charge in [-0.05, 0) is 48.7 Å². The minimum atomic E-state index is -0.365. The molecule has 0 spiro atoms. The number of hydrogen-bond acceptors (Lipinski definition) is 3. The molecule has 0 atom stereocenters. The van der Waals surface area contributed by atoms with Crippen LogP contribution in [0.4, 0.5) is 0 Å². The van der Waals surface area contributed by atoms with Crippen LogP contribution in [0.1, 0.15) is 21.5 Å². The zero-order valence-electron chi connectivity index (χ0n) is 11.2. The fraction of sp³-hybridized carbons (Fsp3) is 0.188. The van der Waals surface area contributed by atoms with E-state index in [9.17, 15) is 9.90 Å². The van der Waals surface area contributed by atoms with Gasteiger partial charge in [-0.2, -0.15) is 0 Å². The van der Waals surface area contributed by atoms with Gasteiger partial charge in [0.2, 0.25) is 0 Å². The lowest BCUT2D eigenvalue weighted by Crippen LogP contribution is -2.00. The first kappa shape index (κ1) is 13.1. The number of carbonyl (C=O) groups excluding carboxylic acids is 1. The highest BCUT2D eigenvalue weighted by atomic mass is 16.5. The molecule has 3 heteroatoms. The van der Waals surface area contributed by atoms with Gasteiger partial charge in [-0.25, -0.2) is 4.79 Å². The molecule has 0 aliphatic carbocycles. The summed E-state index contributed by atoms with van der Waals surface area (Å²) in [5.41, 5.74) is 4.07. The van der Waals surface area contributed by atoms with Gasteiger partial charge in [0.15, 0.2) is 0 Å². The minimum Gasteiger partial charge on any atom is -0.507 e. The van der Waals surface area contributed by atoms with Crippen LogP contribution in [0.3, 0.4) is 0 Å². The molecule has 0 bridgehead atoms. The highest BCUT2D eigenvalue weighted by molar-refractivity contribution is 5.90. The Bertz CT molecular complexity index is 613. The predicted molar refractivity (Wildman–Crippen MR) is 74.4 cm³/mol. The second kappa shape index (κ2) is 5.14. The van der Waals surface area contributed by atoms with E-state index in [2.05, 4.69) is 4.74 Å². The van der Waals surface area contributed by atoms with Gasteiger partial charge in [0.25, 0.3) is 0 Å². The molecule has 0 aromatic heterocycles. The summed E-state index contributed by atoms with van der Waals surface area (Å²) >= 11 is 0. The third-order valence-corrected chi connectivity index (χ3v) is 3.06. The van der Waals surface area contributed by atoms with Gasteiger partial charge in [-0.1, -0.05) is 18.2 Å². The molecule has 0 fully saturated rings. The highest BCUT2D eigenvalue weighted by Crippen LogP contribution is 2.33. The molecule has 0 aliphatic heterocycles. The number of esters is 1. The van der Waals surface area contributed by atoms with Gasteiger partial charge in [0, 0.05) is 5.56 Å². The largest absolute Gasteiger partial charge is 0.507 e. The summed E-state index contributed by atoms with van der Waals surface area (Å²) in [5, 5.41) is 10.1. The summed E-state index contributed by atoms with van der Waals surface area (Å²) in [4.78, 5) is 11.4. The van der Waals surface area contributed by atoms with Crippen molar-refractivity contribution in [3.05, 3.63) is 53.1 Å². The lowest BCUT2D eigenvalue weighted by molar-refractivity contribution is 0.0601. The van der Waals surface area contributed by atoms with E-state index in [0.717, 1.165) is 22.3 Å². The van der Waals surface area contributed by atoms with Crippen LogP contribution in [-0.2, 0) is 4.74 Å². The third-order valence-electron chi connectivity index (χ3n) is 3.06. The molecule has 0 aliphatic rings. The predicted octanol–water partition coefficient (Wildman–Crippen LogP) is 3.46. The Morgan fingerprint density at radius 2 is 1.74 bits per heavy atom. The fourth-order valence-corrected chi connectivity index (χ4v) is 2.08. The smallest absolute Gasteiger partial charge is 0.337 e. The lowest BCUT2D eigenvalue weighted by Gasteiger charge is -2.09. The number of aryl methyl sites for hydroxylation is 2. The third kappa shape index (κ3) is 2.60. The van der Waals surface area contributed by atoms with Crippen LogP contribution in [0.25, 0.3) is 11.1 Å². The number of ether oxygens (including phenoxy) is 1. The van der Waals surface area contributed by atoms with E-state index < -0.39 is 0 Å². The maximum Gasteiger partial charge on any atom is 0.337 e. The first-order valence-electron chi connectivity index (χ1n) is 6.02. The van der Waals surface area contributed by atoms with E-state index in [1.165, 1.54) is 7.11 Å². The van der Waals surface area contributed by atoms with E-state index in [1.807, 2.05) is 26.0 Å². The Labute approximate surface area is 112 Å². The minimum absolute atomic E-state index is 0.274. The number of benzene rings is 2. The standard InChI is InChI=1S/C16H16O3/c1-10-8-11(2)15(17)14(9-10)12-4-6-13(7-5-12)16(18)19-3/h4-9,17H,1-3H3. The Balaban J connectivity index is 2.46. The Kier molecular flexibility index (Phi) is 3.56. The lowest BCUT2D eigenvalue weighted by atomic mass is 9.98. The first-order chi connectivity index (χ1) is 9.02. The van der Waals surface area contributed by atoms with Gasteiger partial charge in [0.1, 0.15) is 5.75 Å². The van der Waals surface area contributed by atoms with E-state index in [0.29, 0.717) is 5.56 Å². The van der Waals surface area contributed by atoms with Crippen molar-refractivity contribution in [2.24, 2.45) is 0 Å². The molecular weight excluding hydrogens is 240 g/mol. The number of rotatable bonds is 2. The summed E-state index contributed by atoms with van der Waals surface area (Å²) in [7, 11) is 1.35. The summed E-state index contributed by atoms with van der Waals surface area (Å²) < 4.78 is 4.66. The summed E-state index contributed by atoms with van der Waals surface area (Å²) in [6.45, 7) is 3.85. The summed E-state index contributed by atoms with van der Waals surface area (Å²) in [6, 6.07) is 10.9. The molecule has 0 heterocycles. The van der Waals surface area contributed by atoms with Crippen LogP contribution in [-0.4, -0.2) is 18.2 Å². The van der Waals surface area contributed by atoms with Crippen molar-refractivity contribution >= 4 is 5.97 Å². The molecule has 3 nitrogen and oxygen atoms in total. The van der Waals surface area contributed by atoms with Crippen molar-refractivity contribution in [3.8, 4) is 16.9 Å². The van der Waals surface area contributed by atoms with Gasteiger partial charge < -0.3 is 9.84 Å².